The average molecular weight is 438 g/mol. The van der Waals surface area contributed by atoms with Crippen LogP contribution >= 0.6 is 0 Å². The number of likely N-dealkylation sites (tertiary alicyclic amines) is 1. The van der Waals surface area contributed by atoms with Gasteiger partial charge >= 0.3 is 6.03 Å². The minimum absolute atomic E-state index is 0.0389. The molecule has 2 saturated heterocycles. The zero-order valence-electron chi connectivity index (χ0n) is 18.0. The Hall–Kier alpha value is -3.22. The Morgan fingerprint density at radius 3 is 2.41 bits per heavy atom. The van der Waals surface area contributed by atoms with Crippen LogP contribution in [0.15, 0.2) is 54.6 Å². The Morgan fingerprint density at radius 1 is 1.03 bits per heavy atom. The van der Waals surface area contributed by atoms with Crippen LogP contribution in [0.25, 0.3) is 0 Å². The molecule has 0 spiro atoms. The summed E-state index contributed by atoms with van der Waals surface area (Å²) in [4.78, 5) is 39.3. The van der Waals surface area contributed by atoms with Gasteiger partial charge in [0.2, 0.25) is 5.91 Å². The molecule has 0 saturated carbocycles. The summed E-state index contributed by atoms with van der Waals surface area (Å²) >= 11 is 0. The molecule has 2 N–H and O–H groups in total. The van der Waals surface area contributed by atoms with E-state index < -0.39 is 11.6 Å². The molecule has 1 unspecified atom stereocenters. The highest BCUT2D eigenvalue weighted by Gasteiger charge is 2.51. The number of hydrogen-bond acceptors (Lipinski definition) is 3. The molecule has 1 atom stereocenters. The summed E-state index contributed by atoms with van der Waals surface area (Å²) in [5.74, 6) is -0.704. The van der Waals surface area contributed by atoms with Gasteiger partial charge in [0.05, 0.1) is 6.42 Å². The molecule has 2 aromatic rings. The number of piperidine rings is 1. The van der Waals surface area contributed by atoms with Crippen molar-refractivity contribution in [3.05, 3.63) is 71.5 Å². The van der Waals surface area contributed by atoms with Crippen LogP contribution in [0.4, 0.5) is 9.18 Å². The van der Waals surface area contributed by atoms with E-state index >= 15 is 0 Å². The normalized spacial score (nSPS) is 21.3. The van der Waals surface area contributed by atoms with E-state index in [0.29, 0.717) is 37.9 Å². The van der Waals surface area contributed by atoms with Crippen molar-refractivity contribution in [3.8, 4) is 0 Å². The van der Waals surface area contributed by atoms with E-state index in [1.807, 2.05) is 18.2 Å². The Kier molecular flexibility index (Phi) is 6.53. The van der Waals surface area contributed by atoms with E-state index in [4.69, 9.17) is 0 Å². The first-order chi connectivity index (χ1) is 15.5. The van der Waals surface area contributed by atoms with Crippen LogP contribution in [0.2, 0.25) is 0 Å². The molecule has 2 aliphatic heterocycles. The number of nitrogens with one attached hydrogen (secondary N) is 2. The lowest BCUT2D eigenvalue weighted by molar-refractivity contribution is -0.133. The Bertz CT molecular complexity index is 989. The van der Waals surface area contributed by atoms with Gasteiger partial charge in [-0.25, -0.2) is 9.18 Å². The van der Waals surface area contributed by atoms with E-state index in [-0.39, 0.29) is 30.0 Å². The van der Waals surface area contributed by atoms with Crippen molar-refractivity contribution in [2.24, 2.45) is 5.92 Å². The van der Waals surface area contributed by atoms with Crippen LogP contribution < -0.4 is 10.6 Å². The molecule has 7 heteroatoms. The molecule has 0 radical (unpaired) electrons. The van der Waals surface area contributed by atoms with Crippen molar-refractivity contribution in [1.29, 1.82) is 0 Å². The van der Waals surface area contributed by atoms with Crippen LogP contribution in [-0.4, -0.2) is 41.4 Å². The van der Waals surface area contributed by atoms with E-state index in [1.54, 1.807) is 17.0 Å². The highest BCUT2D eigenvalue weighted by molar-refractivity contribution is 6.07. The zero-order chi connectivity index (χ0) is 22.6. The predicted octanol–water partition coefficient (Wildman–Crippen LogP) is 3.21. The summed E-state index contributed by atoms with van der Waals surface area (Å²) in [5.41, 5.74) is 0.922. The van der Waals surface area contributed by atoms with Crippen LogP contribution in [-0.2, 0) is 22.4 Å². The Morgan fingerprint density at radius 2 is 1.75 bits per heavy atom. The van der Waals surface area contributed by atoms with Gasteiger partial charge in [-0.1, -0.05) is 42.5 Å². The number of carbonyl (C=O) groups excluding carboxylic acids is 3. The lowest BCUT2D eigenvalue weighted by Gasteiger charge is -2.40. The molecular formula is C25H28FN3O3. The molecule has 0 aliphatic carbocycles. The van der Waals surface area contributed by atoms with Crippen molar-refractivity contribution in [1.82, 2.24) is 15.5 Å². The first-order valence-corrected chi connectivity index (χ1v) is 11.2. The van der Waals surface area contributed by atoms with Gasteiger partial charge in [-0.05, 0) is 61.3 Å². The van der Waals surface area contributed by atoms with Gasteiger partial charge in [-0.2, -0.15) is 0 Å². The largest absolute Gasteiger partial charge is 0.342 e. The average Bonchev–Trinajstić information content (AvgIpc) is 3.08. The van der Waals surface area contributed by atoms with E-state index in [0.717, 1.165) is 12.8 Å². The number of nitrogens with zero attached hydrogens (tertiary/aromatic N) is 1. The first kappa shape index (κ1) is 22.0. The Balaban J connectivity index is 1.37. The minimum atomic E-state index is -0.927. The van der Waals surface area contributed by atoms with Crippen molar-refractivity contribution < 1.29 is 18.8 Å². The van der Waals surface area contributed by atoms with Crippen molar-refractivity contribution in [3.63, 3.8) is 0 Å². The molecule has 4 amide bonds. The number of urea groups is 1. The molecule has 168 valence electrons. The van der Waals surface area contributed by atoms with Gasteiger partial charge < -0.3 is 10.2 Å². The van der Waals surface area contributed by atoms with Crippen LogP contribution in [0.5, 0.6) is 0 Å². The Labute approximate surface area is 187 Å². The second-order valence-corrected chi connectivity index (χ2v) is 8.68. The molecular weight excluding hydrogens is 409 g/mol. The molecule has 32 heavy (non-hydrogen) atoms. The molecule has 6 nitrogen and oxygen atoms in total. The number of imide groups is 1. The lowest BCUT2D eigenvalue weighted by atomic mass is 9.74. The molecule has 0 aromatic heterocycles. The smallest absolute Gasteiger partial charge is 0.322 e. The fourth-order valence-corrected chi connectivity index (χ4v) is 4.94. The van der Waals surface area contributed by atoms with Crippen molar-refractivity contribution in [2.75, 3.05) is 13.1 Å². The minimum Gasteiger partial charge on any atom is -0.342 e. The highest BCUT2D eigenvalue weighted by atomic mass is 19.1. The fraction of sp³-hybridized carbons (Fsp3) is 0.400. The summed E-state index contributed by atoms with van der Waals surface area (Å²) < 4.78 is 13.4. The molecule has 0 bridgehead atoms. The van der Waals surface area contributed by atoms with Crippen molar-refractivity contribution >= 4 is 17.8 Å². The summed E-state index contributed by atoms with van der Waals surface area (Å²) in [5, 5.41) is 5.34. The molecule has 2 aromatic carbocycles. The third-order valence-corrected chi connectivity index (χ3v) is 6.64. The third kappa shape index (κ3) is 4.82. The topological polar surface area (TPSA) is 78.5 Å². The van der Waals surface area contributed by atoms with Gasteiger partial charge in [0, 0.05) is 13.1 Å². The zero-order valence-corrected chi connectivity index (χ0v) is 18.0. The van der Waals surface area contributed by atoms with Gasteiger partial charge in [-0.3, -0.25) is 14.9 Å². The second kappa shape index (κ2) is 9.51. The number of rotatable bonds is 7. The standard InChI is InChI=1S/C25H28FN3O3/c26-21-10-4-8-19(16-21)17-22(30)29-14-11-20(12-15-29)25(23(31)27-24(32)28-25)13-5-9-18-6-2-1-3-7-18/h1-4,6-8,10,16,20H,5,9,11-15,17H2,(H2,27,28,31,32). The van der Waals surface area contributed by atoms with Gasteiger partial charge in [0.1, 0.15) is 11.4 Å². The number of hydrogen-bond donors (Lipinski definition) is 2. The summed E-state index contributed by atoms with van der Waals surface area (Å²) in [6, 6.07) is 15.7. The van der Waals surface area contributed by atoms with Crippen LogP contribution in [0.1, 0.15) is 36.8 Å². The van der Waals surface area contributed by atoms with Crippen LogP contribution in [0, 0.1) is 11.7 Å². The van der Waals surface area contributed by atoms with E-state index in [2.05, 4.69) is 22.8 Å². The second-order valence-electron chi connectivity index (χ2n) is 8.68. The highest BCUT2D eigenvalue weighted by Crippen LogP contribution is 2.35. The maximum atomic E-state index is 13.4. The third-order valence-electron chi connectivity index (χ3n) is 6.64. The molecule has 2 heterocycles. The quantitative estimate of drug-likeness (QED) is 0.653. The monoisotopic (exact) mass is 437 g/mol. The maximum Gasteiger partial charge on any atom is 0.322 e. The summed E-state index contributed by atoms with van der Waals surface area (Å²) in [6.45, 7) is 1.03. The molecule has 4 rings (SSSR count). The number of aryl methyl sites for hydroxylation is 1. The van der Waals surface area contributed by atoms with E-state index in [9.17, 15) is 18.8 Å². The van der Waals surface area contributed by atoms with Gasteiger partial charge in [0.15, 0.2) is 0 Å². The van der Waals surface area contributed by atoms with Gasteiger partial charge in [-0.15, -0.1) is 0 Å². The number of amides is 4. The number of halogens is 1. The van der Waals surface area contributed by atoms with Gasteiger partial charge in [0.25, 0.3) is 5.91 Å². The molecule has 2 fully saturated rings. The SMILES string of the molecule is O=C1NC(=O)C(CCCc2ccccc2)(C2CCN(C(=O)Cc3cccc(F)c3)CC2)N1. The summed E-state index contributed by atoms with van der Waals surface area (Å²) in [6.07, 6.45) is 3.58. The lowest BCUT2D eigenvalue weighted by Crippen LogP contribution is -2.56. The number of carbonyl (C=O) groups is 3. The molecule has 2 aliphatic rings. The van der Waals surface area contributed by atoms with Crippen LogP contribution in [0.3, 0.4) is 0 Å². The van der Waals surface area contributed by atoms with Crippen molar-refractivity contribution in [2.45, 2.75) is 44.1 Å². The fourth-order valence-electron chi connectivity index (χ4n) is 4.94. The number of benzene rings is 2. The summed E-state index contributed by atoms with van der Waals surface area (Å²) in [7, 11) is 0. The first-order valence-electron chi connectivity index (χ1n) is 11.2. The van der Waals surface area contributed by atoms with E-state index in [1.165, 1.54) is 17.7 Å². The predicted molar refractivity (Wildman–Crippen MR) is 118 cm³/mol. The maximum absolute atomic E-state index is 13.4.